The molecule has 1 aliphatic heterocycles. The van der Waals surface area contributed by atoms with Crippen molar-refractivity contribution < 1.29 is 19.1 Å². The molecule has 2 rings (SSSR count). The number of anilines is 1. The normalized spacial score (nSPS) is 15.8. The number of benzene rings is 1. The average Bonchev–Trinajstić information content (AvgIpc) is 3.08. The van der Waals surface area contributed by atoms with E-state index in [-0.39, 0.29) is 49.2 Å². The monoisotopic (exact) mass is 369 g/mol. The van der Waals surface area contributed by atoms with Gasteiger partial charge in [0.1, 0.15) is 0 Å². The molecule has 1 aliphatic rings. The standard InChI is InChI=1S/C17H23N3O4.ClH/c1-24-16(22)8-10-19-17(23)12-4-6-13(7-5-12)20-15(21)11-14-3-2-9-18-14;/h4-7,14,18H,2-3,8-11H2,1H3,(H,19,23)(H,20,21);1H. The van der Waals surface area contributed by atoms with Crippen LogP contribution in [0.15, 0.2) is 24.3 Å². The summed E-state index contributed by atoms with van der Waals surface area (Å²) >= 11 is 0. The van der Waals surface area contributed by atoms with E-state index in [1.807, 2.05) is 0 Å². The van der Waals surface area contributed by atoms with Crippen LogP contribution in [-0.4, -0.2) is 44.0 Å². The van der Waals surface area contributed by atoms with Crippen LogP contribution in [0.3, 0.4) is 0 Å². The topological polar surface area (TPSA) is 96.5 Å². The Morgan fingerprint density at radius 3 is 2.56 bits per heavy atom. The maximum atomic E-state index is 11.9. The lowest BCUT2D eigenvalue weighted by Crippen LogP contribution is -2.27. The predicted octanol–water partition coefficient (Wildman–Crippen LogP) is 1.48. The number of esters is 1. The second-order valence-electron chi connectivity index (χ2n) is 5.70. The first-order valence-corrected chi connectivity index (χ1v) is 8.07. The van der Waals surface area contributed by atoms with Gasteiger partial charge in [0.05, 0.1) is 13.5 Å². The molecule has 7 nitrogen and oxygen atoms in total. The van der Waals surface area contributed by atoms with E-state index in [0.29, 0.717) is 17.7 Å². The molecule has 0 radical (unpaired) electrons. The fraction of sp³-hybridized carbons (Fsp3) is 0.471. The Bertz CT molecular complexity index is 586. The van der Waals surface area contributed by atoms with E-state index in [4.69, 9.17) is 0 Å². The predicted molar refractivity (Wildman–Crippen MR) is 96.9 cm³/mol. The zero-order valence-electron chi connectivity index (χ0n) is 14.2. The second-order valence-corrected chi connectivity index (χ2v) is 5.70. The molecule has 0 bridgehead atoms. The third kappa shape index (κ3) is 7.11. The van der Waals surface area contributed by atoms with Gasteiger partial charge in [-0.3, -0.25) is 14.4 Å². The first kappa shape index (κ1) is 20.9. The van der Waals surface area contributed by atoms with Crippen LogP contribution in [0, 0.1) is 0 Å². The minimum Gasteiger partial charge on any atom is -0.469 e. The quantitative estimate of drug-likeness (QED) is 0.633. The van der Waals surface area contributed by atoms with Gasteiger partial charge in [-0.05, 0) is 43.7 Å². The van der Waals surface area contributed by atoms with Crippen molar-refractivity contribution in [3.63, 3.8) is 0 Å². The molecule has 3 N–H and O–H groups in total. The Balaban J connectivity index is 0.00000312. The first-order valence-electron chi connectivity index (χ1n) is 8.07. The Hall–Kier alpha value is -2.12. The van der Waals surface area contributed by atoms with Crippen LogP contribution in [0.25, 0.3) is 0 Å². The molecule has 1 aromatic rings. The molecule has 25 heavy (non-hydrogen) atoms. The van der Waals surface area contributed by atoms with Gasteiger partial charge in [-0.25, -0.2) is 0 Å². The fourth-order valence-corrected chi connectivity index (χ4v) is 2.55. The Labute approximate surface area is 153 Å². The SMILES string of the molecule is COC(=O)CCNC(=O)c1ccc(NC(=O)CC2CCCN2)cc1.Cl. The molecule has 0 spiro atoms. The molecule has 2 amide bonds. The lowest BCUT2D eigenvalue weighted by molar-refractivity contribution is -0.140. The number of hydrogen-bond acceptors (Lipinski definition) is 5. The first-order chi connectivity index (χ1) is 11.6. The number of nitrogens with one attached hydrogen (secondary N) is 3. The molecule has 1 atom stereocenters. The van der Waals surface area contributed by atoms with Crippen LogP contribution in [0.4, 0.5) is 5.69 Å². The summed E-state index contributed by atoms with van der Waals surface area (Å²) in [6.07, 6.45) is 2.72. The van der Waals surface area contributed by atoms with Crippen molar-refractivity contribution in [2.45, 2.75) is 31.7 Å². The molecule has 1 unspecified atom stereocenters. The number of methoxy groups -OCH3 is 1. The summed E-state index contributed by atoms with van der Waals surface area (Å²) in [5.74, 6) is -0.679. The largest absolute Gasteiger partial charge is 0.469 e. The Morgan fingerprint density at radius 1 is 1.24 bits per heavy atom. The number of halogens is 1. The molecule has 138 valence electrons. The maximum absolute atomic E-state index is 11.9. The van der Waals surface area contributed by atoms with Crippen molar-refractivity contribution >= 4 is 35.9 Å². The summed E-state index contributed by atoms with van der Waals surface area (Å²) in [5.41, 5.74) is 1.12. The summed E-state index contributed by atoms with van der Waals surface area (Å²) in [6.45, 7) is 1.19. The van der Waals surface area contributed by atoms with Gasteiger partial charge in [-0.1, -0.05) is 0 Å². The average molecular weight is 370 g/mol. The molecule has 1 aromatic carbocycles. The third-order valence-electron chi connectivity index (χ3n) is 3.87. The van der Waals surface area contributed by atoms with E-state index in [1.54, 1.807) is 24.3 Å². The number of carbonyl (C=O) groups excluding carboxylic acids is 3. The van der Waals surface area contributed by atoms with Crippen LogP contribution in [0.5, 0.6) is 0 Å². The molecular weight excluding hydrogens is 346 g/mol. The molecule has 0 saturated carbocycles. The number of rotatable bonds is 7. The number of carbonyl (C=O) groups is 3. The minimum atomic E-state index is -0.370. The zero-order valence-corrected chi connectivity index (χ0v) is 15.0. The van der Waals surface area contributed by atoms with Crippen LogP contribution in [0.1, 0.15) is 36.0 Å². The van der Waals surface area contributed by atoms with E-state index in [0.717, 1.165) is 19.4 Å². The zero-order chi connectivity index (χ0) is 17.4. The van der Waals surface area contributed by atoms with Crippen molar-refractivity contribution in [1.29, 1.82) is 0 Å². The fourth-order valence-electron chi connectivity index (χ4n) is 2.55. The molecule has 8 heteroatoms. The molecule has 1 heterocycles. The number of hydrogen-bond donors (Lipinski definition) is 3. The van der Waals surface area contributed by atoms with E-state index in [9.17, 15) is 14.4 Å². The molecule has 1 saturated heterocycles. The smallest absolute Gasteiger partial charge is 0.307 e. The summed E-state index contributed by atoms with van der Waals surface area (Å²) in [4.78, 5) is 34.8. The van der Waals surface area contributed by atoms with Crippen LogP contribution in [0.2, 0.25) is 0 Å². The highest BCUT2D eigenvalue weighted by Crippen LogP contribution is 2.13. The van der Waals surface area contributed by atoms with Gasteiger partial charge in [-0.15, -0.1) is 12.4 Å². The van der Waals surface area contributed by atoms with Gasteiger partial charge in [0.15, 0.2) is 0 Å². The van der Waals surface area contributed by atoms with Crippen LogP contribution >= 0.6 is 12.4 Å². The highest BCUT2D eigenvalue weighted by Gasteiger charge is 2.17. The lowest BCUT2D eigenvalue weighted by Gasteiger charge is -2.11. The van der Waals surface area contributed by atoms with Gasteiger partial charge >= 0.3 is 5.97 Å². The highest BCUT2D eigenvalue weighted by atomic mass is 35.5. The molecular formula is C17H24ClN3O4. The van der Waals surface area contributed by atoms with Crippen molar-refractivity contribution in [3.8, 4) is 0 Å². The minimum absolute atomic E-state index is 0. The molecule has 1 fully saturated rings. The summed E-state index contributed by atoms with van der Waals surface area (Å²) in [7, 11) is 1.31. The maximum Gasteiger partial charge on any atom is 0.307 e. The summed E-state index contributed by atoms with van der Waals surface area (Å²) in [6, 6.07) is 6.91. The Morgan fingerprint density at radius 2 is 1.96 bits per heavy atom. The van der Waals surface area contributed by atoms with Crippen molar-refractivity contribution in [2.24, 2.45) is 0 Å². The molecule has 0 aromatic heterocycles. The summed E-state index contributed by atoms with van der Waals surface area (Å²) < 4.78 is 4.50. The second kappa shape index (κ2) is 10.7. The van der Waals surface area contributed by atoms with Crippen molar-refractivity contribution in [1.82, 2.24) is 10.6 Å². The highest BCUT2D eigenvalue weighted by molar-refractivity contribution is 5.96. The third-order valence-corrected chi connectivity index (χ3v) is 3.87. The van der Waals surface area contributed by atoms with Gasteiger partial charge in [0, 0.05) is 30.3 Å². The van der Waals surface area contributed by atoms with Crippen molar-refractivity contribution in [3.05, 3.63) is 29.8 Å². The van der Waals surface area contributed by atoms with Gasteiger partial charge in [0.25, 0.3) is 5.91 Å². The van der Waals surface area contributed by atoms with Gasteiger partial charge in [-0.2, -0.15) is 0 Å². The van der Waals surface area contributed by atoms with E-state index in [1.165, 1.54) is 7.11 Å². The lowest BCUT2D eigenvalue weighted by atomic mass is 10.1. The van der Waals surface area contributed by atoms with Gasteiger partial charge in [0.2, 0.25) is 5.91 Å². The van der Waals surface area contributed by atoms with E-state index in [2.05, 4.69) is 20.7 Å². The van der Waals surface area contributed by atoms with Crippen LogP contribution < -0.4 is 16.0 Å². The molecule has 0 aliphatic carbocycles. The van der Waals surface area contributed by atoms with Gasteiger partial charge < -0.3 is 20.7 Å². The summed E-state index contributed by atoms with van der Waals surface area (Å²) in [5, 5.41) is 8.75. The van der Waals surface area contributed by atoms with Crippen LogP contribution in [-0.2, 0) is 14.3 Å². The number of ether oxygens (including phenoxy) is 1. The van der Waals surface area contributed by atoms with Crippen molar-refractivity contribution in [2.75, 3.05) is 25.5 Å². The van der Waals surface area contributed by atoms with E-state index < -0.39 is 0 Å². The number of amides is 2. The Kier molecular flexibility index (Phi) is 8.94. The van der Waals surface area contributed by atoms with E-state index >= 15 is 0 Å².